The number of halogens is 3. The van der Waals surface area contributed by atoms with E-state index in [1.54, 1.807) is 0 Å². The number of H-pyrrole nitrogens is 1. The third-order valence-corrected chi connectivity index (χ3v) is 3.82. The van der Waals surface area contributed by atoms with Gasteiger partial charge < -0.3 is 10.1 Å². The summed E-state index contributed by atoms with van der Waals surface area (Å²) in [6.07, 6.45) is -4.96. The number of thioether (sulfide) groups is 1. The van der Waals surface area contributed by atoms with E-state index in [9.17, 15) is 22.8 Å². The van der Waals surface area contributed by atoms with Gasteiger partial charge in [0.2, 0.25) is 5.82 Å². The molecule has 11 heteroatoms. The predicted octanol–water partition coefficient (Wildman–Crippen LogP) is 1.97. The van der Waals surface area contributed by atoms with Gasteiger partial charge in [0, 0.05) is 5.75 Å². The first-order valence-electron chi connectivity index (χ1n) is 5.10. The van der Waals surface area contributed by atoms with E-state index in [1.165, 1.54) is 0 Å². The molecule has 0 fully saturated rings. The topological polar surface area (TPSA) is 95.9 Å². The average molecular weight is 325 g/mol. The van der Waals surface area contributed by atoms with Crippen LogP contribution in [-0.4, -0.2) is 31.8 Å². The highest BCUT2D eigenvalue weighted by atomic mass is 32.2. The summed E-state index contributed by atoms with van der Waals surface area (Å²) in [5.74, 6) is -2.38. The Balaban J connectivity index is 2.44. The molecule has 0 aromatic carbocycles. The van der Waals surface area contributed by atoms with Gasteiger partial charge >= 0.3 is 17.0 Å². The van der Waals surface area contributed by atoms with Gasteiger partial charge in [-0.2, -0.15) is 13.2 Å². The van der Waals surface area contributed by atoms with E-state index in [2.05, 4.69) is 15.0 Å². The Labute approximate surface area is 117 Å². The molecule has 20 heavy (non-hydrogen) atoms. The number of hydrogen-bond donors (Lipinski definition) is 2. The summed E-state index contributed by atoms with van der Waals surface area (Å²) >= 11 is 1.37. The Morgan fingerprint density at radius 2 is 2.10 bits per heavy atom. The number of aromatic amines is 1. The molecule has 2 N–H and O–H groups in total. The van der Waals surface area contributed by atoms with E-state index in [0.29, 0.717) is 11.3 Å². The highest BCUT2D eigenvalue weighted by molar-refractivity contribution is 7.99. The number of alkyl halides is 3. The highest BCUT2D eigenvalue weighted by Gasteiger charge is 2.36. The number of aliphatic carboxylic acids is 1. The van der Waals surface area contributed by atoms with Gasteiger partial charge in [-0.3, -0.25) is 9.59 Å². The molecule has 2 aromatic rings. The fraction of sp³-hybridized carbons (Fsp3) is 0.333. The van der Waals surface area contributed by atoms with Gasteiger partial charge in [0.1, 0.15) is 15.4 Å². The maximum Gasteiger partial charge on any atom is 0.451 e. The minimum absolute atomic E-state index is 0.0383. The first-order valence-corrected chi connectivity index (χ1v) is 6.90. The second kappa shape index (κ2) is 5.40. The molecule has 0 aliphatic heterocycles. The fourth-order valence-electron chi connectivity index (χ4n) is 1.28. The van der Waals surface area contributed by atoms with Crippen molar-refractivity contribution in [1.82, 2.24) is 15.0 Å². The molecule has 0 aliphatic rings. The van der Waals surface area contributed by atoms with Crippen molar-refractivity contribution in [3.05, 3.63) is 15.5 Å². The zero-order chi connectivity index (χ0) is 14.9. The summed E-state index contributed by atoms with van der Waals surface area (Å²) in [5, 5.41) is 8.43. The number of carbonyl (C=O) groups is 1. The predicted molar refractivity (Wildman–Crippen MR) is 66.0 cm³/mol. The number of rotatable bonds is 4. The standard InChI is InChI=1S/C9H6F3N3O3S2/c10-9(11,12)7-14-5(19-2-1-3(16)17)4-6(15-7)20-8(18)13-4/h1-2H2,(H,13,18)(H,16,17). The third-order valence-electron chi connectivity index (χ3n) is 2.07. The van der Waals surface area contributed by atoms with Crippen molar-refractivity contribution in [3.8, 4) is 0 Å². The summed E-state index contributed by atoms with van der Waals surface area (Å²) in [6.45, 7) is 0. The van der Waals surface area contributed by atoms with Gasteiger partial charge in [0.25, 0.3) is 0 Å². The van der Waals surface area contributed by atoms with Gasteiger partial charge in [0.15, 0.2) is 0 Å². The zero-order valence-corrected chi connectivity index (χ0v) is 11.2. The number of fused-ring (bicyclic) bond motifs is 1. The van der Waals surface area contributed by atoms with E-state index in [1.807, 2.05) is 0 Å². The van der Waals surface area contributed by atoms with E-state index in [0.717, 1.165) is 11.8 Å². The smallest absolute Gasteiger partial charge is 0.451 e. The maximum atomic E-state index is 12.6. The lowest BCUT2D eigenvalue weighted by Gasteiger charge is -2.07. The molecule has 0 unspecified atom stereocenters. The molecule has 0 saturated heterocycles. The fourth-order valence-corrected chi connectivity index (χ4v) is 2.97. The van der Waals surface area contributed by atoms with E-state index < -0.39 is 22.8 Å². The SMILES string of the molecule is O=C(O)CCSc1nc(C(F)(F)F)nc2sc(=O)[nH]c12. The van der Waals surface area contributed by atoms with Gasteiger partial charge in [-0.1, -0.05) is 11.3 Å². The van der Waals surface area contributed by atoms with Crippen molar-refractivity contribution in [3.63, 3.8) is 0 Å². The van der Waals surface area contributed by atoms with Crippen LogP contribution in [0.25, 0.3) is 10.3 Å². The third kappa shape index (κ3) is 3.28. The molecule has 0 saturated carbocycles. The molecule has 0 amide bonds. The number of thiazole rings is 1. The largest absolute Gasteiger partial charge is 0.481 e. The molecule has 2 aromatic heterocycles. The quantitative estimate of drug-likeness (QED) is 0.659. The van der Waals surface area contributed by atoms with Crippen LogP contribution in [0.4, 0.5) is 13.2 Å². The molecule has 0 atom stereocenters. The molecule has 0 spiro atoms. The van der Waals surface area contributed by atoms with Crippen LogP contribution in [0.2, 0.25) is 0 Å². The normalized spacial score (nSPS) is 11.9. The van der Waals surface area contributed by atoms with Crippen LogP contribution >= 0.6 is 23.1 Å². The van der Waals surface area contributed by atoms with Crippen LogP contribution in [0, 0.1) is 0 Å². The number of nitrogens with zero attached hydrogens (tertiary/aromatic N) is 2. The van der Waals surface area contributed by atoms with Crippen LogP contribution in [0.15, 0.2) is 9.82 Å². The molecule has 0 radical (unpaired) electrons. The summed E-state index contributed by atoms with van der Waals surface area (Å²) in [7, 11) is 0. The summed E-state index contributed by atoms with van der Waals surface area (Å²) in [4.78, 5) is 29.9. The number of hydrogen-bond acceptors (Lipinski definition) is 6. The number of carboxylic acids is 1. The number of nitrogens with one attached hydrogen (secondary N) is 1. The van der Waals surface area contributed by atoms with Crippen molar-refractivity contribution < 1.29 is 23.1 Å². The molecule has 6 nitrogen and oxygen atoms in total. The first-order chi connectivity index (χ1) is 9.27. The van der Waals surface area contributed by atoms with Gasteiger partial charge in [-0.25, -0.2) is 9.97 Å². The molecule has 0 aliphatic carbocycles. The number of aromatic nitrogens is 3. The van der Waals surface area contributed by atoms with E-state index >= 15 is 0 Å². The van der Waals surface area contributed by atoms with Crippen LogP contribution in [0.3, 0.4) is 0 Å². The lowest BCUT2D eigenvalue weighted by molar-refractivity contribution is -0.145. The minimum atomic E-state index is -4.73. The Hall–Kier alpha value is -1.62. The number of carboxylic acid groups (broad SMARTS) is 1. The first kappa shape index (κ1) is 14.8. The van der Waals surface area contributed by atoms with Crippen molar-refractivity contribution in [2.24, 2.45) is 0 Å². The molecule has 2 heterocycles. The van der Waals surface area contributed by atoms with Gasteiger partial charge in [-0.15, -0.1) is 11.8 Å². The van der Waals surface area contributed by atoms with Crippen LogP contribution in [0.1, 0.15) is 12.2 Å². The second-order valence-corrected chi connectivity index (χ2v) is 5.58. The Morgan fingerprint density at radius 1 is 1.40 bits per heavy atom. The van der Waals surface area contributed by atoms with Gasteiger partial charge in [-0.05, 0) is 0 Å². The Bertz CT molecular complexity index is 710. The summed E-state index contributed by atoms with van der Waals surface area (Å²) < 4.78 is 37.9. The van der Waals surface area contributed by atoms with Crippen LogP contribution < -0.4 is 4.87 Å². The zero-order valence-electron chi connectivity index (χ0n) is 9.52. The van der Waals surface area contributed by atoms with Crippen LogP contribution in [-0.2, 0) is 11.0 Å². The Kier molecular flexibility index (Phi) is 3.99. The van der Waals surface area contributed by atoms with Crippen molar-refractivity contribution in [1.29, 1.82) is 0 Å². The summed E-state index contributed by atoms with van der Waals surface area (Å²) in [5.41, 5.74) is 0.100. The maximum absolute atomic E-state index is 12.6. The van der Waals surface area contributed by atoms with Crippen LogP contribution in [0.5, 0.6) is 0 Å². The van der Waals surface area contributed by atoms with E-state index in [4.69, 9.17) is 5.11 Å². The molecule has 2 rings (SSSR count). The van der Waals surface area contributed by atoms with E-state index in [-0.39, 0.29) is 27.5 Å². The molecular weight excluding hydrogens is 319 g/mol. The van der Waals surface area contributed by atoms with Crippen molar-refractivity contribution in [2.45, 2.75) is 17.6 Å². The lowest BCUT2D eigenvalue weighted by Crippen LogP contribution is -2.11. The molecular formula is C9H6F3N3O3S2. The monoisotopic (exact) mass is 325 g/mol. The summed E-state index contributed by atoms with van der Waals surface area (Å²) in [6, 6.07) is 0. The average Bonchev–Trinajstić information content (AvgIpc) is 2.67. The Morgan fingerprint density at radius 3 is 2.70 bits per heavy atom. The lowest BCUT2D eigenvalue weighted by atomic mass is 10.5. The molecule has 108 valence electrons. The second-order valence-electron chi connectivity index (χ2n) is 3.54. The van der Waals surface area contributed by atoms with Crippen molar-refractivity contribution in [2.75, 3.05) is 5.75 Å². The molecule has 0 bridgehead atoms. The van der Waals surface area contributed by atoms with Crippen molar-refractivity contribution >= 4 is 39.4 Å². The highest BCUT2D eigenvalue weighted by Crippen LogP contribution is 2.32. The minimum Gasteiger partial charge on any atom is -0.481 e. The van der Waals surface area contributed by atoms with Gasteiger partial charge in [0.05, 0.1) is 6.42 Å².